The van der Waals surface area contributed by atoms with Gasteiger partial charge < -0.3 is 4.18 Å². The lowest BCUT2D eigenvalue weighted by Gasteiger charge is -2.05. The topological polar surface area (TPSA) is 43.4 Å². The predicted molar refractivity (Wildman–Crippen MR) is 76.2 cm³/mol. The molecule has 0 unspecified atom stereocenters. The Labute approximate surface area is 113 Å². The average molecular weight is 274 g/mol. The summed E-state index contributed by atoms with van der Waals surface area (Å²) in [6, 6.07) is 16.2. The van der Waals surface area contributed by atoms with Gasteiger partial charge in [0.2, 0.25) is 0 Å². The van der Waals surface area contributed by atoms with Gasteiger partial charge in [-0.2, -0.15) is 8.42 Å². The molecule has 0 heterocycles. The van der Waals surface area contributed by atoms with E-state index in [2.05, 4.69) is 0 Å². The van der Waals surface area contributed by atoms with Crippen LogP contribution in [0.3, 0.4) is 0 Å². The average Bonchev–Trinajstić information content (AvgIpc) is 2.40. The van der Waals surface area contributed by atoms with Crippen LogP contribution in [-0.2, 0) is 10.1 Å². The van der Waals surface area contributed by atoms with E-state index in [0.717, 1.165) is 16.5 Å². The number of benzene rings is 2. The summed E-state index contributed by atoms with van der Waals surface area (Å²) < 4.78 is 28.7. The van der Waals surface area contributed by atoms with Crippen LogP contribution in [0.5, 0.6) is 5.75 Å². The maximum Gasteiger partial charge on any atom is 0.332 e. The van der Waals surface area contributed by atoms with Crippen LogP contribution < -0.4 is 4.18 Å². The third-order valence-corrected chi connectivity index (χ3v) is 3.41. The summed E-state index contributed by atoms with van der Waals surface area (Å²) in [6.45, 7) is 1.80. The first-order valence-electron chi connectivity index (χ1n) is 5.80. The Morgan fingerprint density at radius 3 is 2.26 bits per heavy atom. The molecule has 0 aliphatic heterocycles. The minimum absolute atomic E-state index is 0.347. The summed E-state index contributed by atoms with van der Waals surface area (Å²) in [6.07, 6.45) is 1.51. The molecule has 0 aliphatic rings. The second-order valence-corrected chi connectivity index (χ2v) is 5.48. The normalized spacial score (nSPS) is 11.6. The highest BCUT2D eigenvalue weighted by atomic mass is 32.2. The number of rotatable bonds is 4. The molecule has 0 aliphatic carbocycles. The molecule has 0 spiro atoms. The quantitative estimate of drug-likeness (QED) is 0.803. The van der Waals surface area contributed by atoms with Crippen LogP contribution in [0.15, 0.2) is 60.0 Å². The fraction of sp³-hybridized carbons (Fsp3) is 0.0667. The third-order valence-electron chi connectivity index (χ3n) is 2.53. The second kappa shape index (κ2) is 5.71. The van der Waals surface area contributed by atoms with Crippen LogP contribution in [0.1, 0.15) is 11.1 Å². The molecule has 19 heavy (non-hydrogen) atoms. The molecule has 3 nitrogen and oxygen atoms in total. The van der Waals surface area contributed by atoms with E-state index in [-0.39, 0.29) is 0 Å². The zero-order valence-corrected chi connectivity index (χ0v) is 11.3. The van der Waals surface area contributed by atoms with E-state index in [1.165, 1.54) is 6.08 Å². The maximum absolute atomic E-state index is 11.8. The SMILES string of the molecule is Cc1ccccc1OS(=O)(=O)/C=C/c1ccccc1. The summed E-state index contributed by atoms with van der Waals surface area (Å²) in [5, 5.41) is 1.06. The van der Waals surface area contributed by atoms with Crippen molar-refractivity contribution in [3.05, 3.63) is 71.1 Å². The number of hydrogen-bond acceptors (Lipinski definition) is 3. The van der Waals surface area contributed by atoms with Gasteiger partial charge >= 0.3 is 10.1 Å². The molecule has 0 N–H and O–H groups in total. The zero-order valence-electron chi connectivity index (χ0n) is 10.5. The first-order valence-corrected chi connectivity index (χ1v) is 7.27. The summed E-state index contributed by atoms with van der Waals surface area (Å²) >= 11 is 0. The van der Waals surface area contributed by atoms with Crippen molar-refractivity contribution in [1.82, 2.24) is 0 Å². The number of para-hydroxylation sites is 1. The van der Waals surface area contributed by atoms with Crippen LogP contribution >= 0.6 is 0 Å². The van der Waals surface area contributed by atoms with Gasteiger partial charge in [0.05, 0.1) is 5.41 Å². The summed E-state index contributed by atoms with van der Waals surface area (Å²) in [4.78, 5) is 0. The van der Waals surface area contributed by atoms with Gasteiger partial charge in [0.1, 0.15) is 5.75 Å². The summed E-state index contributed by atoms with van der Waals surface area (Å²) in [5.74, 6) is 0.347. The van der Waals surface area contributed by atoms with Crippen LogP contribution in [0.2, 0.25) is 0 Å². The largest absolute Gasteiger partial charge is 0.379 e. The molecule has 0 saturated heterocycles. The van der Waals surface area contributed by atoms with E-state index in [1.54, 1.807) is 25.1 Å². The van der Waals surface area contributed by atoms with Crippen molar-refractivity contribution in [1.29, 1.82) is 0 Å². The fourth-order valence-corrected chi connectivity index (χ4v) is 2.35. The van der Waals surface area contributed by atoms with E-state index >= 15 is 0 Å². The summed E-state index contributed by atoms with van der Waals surface area (Å²) in [7, 11) is -3.74. The lowest BCUT2D eigenvalue weighted by Crippen LogP contribution is -2.05. The predicted octanol–water partition coefficient (Wildman–Crippen LogP) is 3.37. The first kappa shape index (κ1) is 13.4. The fourth-order valence-electron chi connectivity index (χ4n) is 1.53. The standard InChI is InChI=1S/C15H14O3S/c1-13-7-5-6-10-15(13)18-19(16,17)12-11-14-8-3-2-4-9-14/h2-12H,1H3/b12-11+. The monoisotopic (exact) mass is 274 g/mol. The van der Waals surface area contributed by atoms with Gasteiger partial charge in [-0.15, -0.1) is 0 Å². The molecule has 0 radical (unpaired) electrons. The van der Waals surface area contributed by atoms with E-state index < -0.39 is 10.1 Å². The number of aryl methyl sites for hydroxylation is 1. The second-order valence-electron chi connectivity index (χ2n) is 4.06. The minimum Gasteiger partial charge on any atom is -0.379 e. The zero-order chi connectivity index (χ0) is 13.7. The number of hydrogen-bond donors (Lipinski definition) is 0. The van der Waals surface area contributed by atoms with Crippen LogP contribution in [0, 0.1) is 6.92 Å². The van der Waals surface area contributed by atoms with E-state index in [4.69, 9.17) is 4.18 Å². The summed E-state index contributed by atoms with van der Waals surface area (Å²) in [5.41, 5.74) is 1.58. The maximum atomic E-state index is 11.8. The van der Waals surface area contributed by atoms with Crippen molar-refractivity contribution in [2.45, 2.75) is 6.92 Å². The third kappa shape index (κ3) is 3.96. The molecule has 0 bridgehead atoms. The molecular weight excluding hydrogens is 260 g/mol. The molecule has 0 atom stereocenters. The molecule has 2 rings (SSSR count). The molecule has 0 fully saturated rings. The molecular formula is C15H14O3S. The van der Waals surface area contributed by atoms with Gasteiger partial charge in [0.15, 0.2) is 0 Å². The molecule has 98 valence electrons. The Kier molecular flexibility index (Phi) is 4.02. The smallest absolute Gasteiger partial charge is 0.332 e. The van der Waals surface area contributed by atoms with E-state index in [9.17, 15) is 8.42 Å². The van der Waals surface area contributed by atoms with Gasteiger partial charge in [-0.25, -0.2) is 0 Å². The van der Waals surface area contributed by atoms with Crippen LogP contribution in [-0.4, -0.2) is 8.42 Å². The van der Waals surface area contributed by atoms with Crippen molar-refractivity contribution in [3.8, 4) is 5.75 Å². The van der Waals surface area contributed by atoms with Crippen molar-refractivity contribution in [2.24, 2.45) is 0 Å². The Morgan fingerprint density at radius 2 is 1.58 bits per heavy atom. The van der Waals surface area contributed by atoms with E-state index in [0.29, 0.717) is 5.75 Å². The Hall–Kier alpha value is -2.07. The van der Waals surface area contributed by atoms with Gasteiger partial charge in [-0.3, -0.25) is 0 Å². The van der Waals surface area contributed by atoms with Crippen molar-refractivity contribution >= 4 is 16.2 Å². The van der Waals surface area contributed by atoms with Gasteiger partial charge in [-0.1, -0.05) is 48.5 Å². The molecule has 0 aromatic heterocycles. The van der Waals surface area contributed by atoms with Crippen molar-refractivity contribution < 1.29 is 12.6 Å². The molecule has 0 saturated carbocycles. The highest BCUT2D eigenvalue weighted by Crippen LogP contribution is 2.19. The van der Waals surface area contributed by atoms with Gasteiger partial charge in [0, 0.05) is 0 Å². The Morgan fingerprint density at radius 1 is 0.947 bits per heavy atom. The highest BCUT2D eigenvalue weighted by molar-refractivity contribution is 7.90. The lowest BCUT2D eigenvalue weighted by atomic mass is 10.2. The Balaban J connectivity index is 2.16. The molecule has 2 aromatic carbocycles. The Bertz CT molecular complexity index is 674. The minimum atomic E-state index is -3.74. The van der Waals surface area contributed by atoms with E-state index in [1.807, 2.05) is 36.4 Å². The lowest BCUT2D eigenvalue weighted by molar-refractivity contribution is 0.495. The van der Waals surface area contributed by atoms with Gasteiger partial charge in [0.25, 0.3) is 0 Å². The molecule has 0 amide bonds. The van der Waals surface area contributed by atoms with Crippen molar-refractivity contribution in [3.63, 3.8) is 0 Å². The van der Waals surface area contributed by atoms with Crippen molar-refractivity contribution in [2.75, 3.05) is 0 Å². The van der Waals surface area contributed by atoms with Gasteiger partial charge in [-0.05, 0) is 30.2 Å². The highest BCUT2D eigenvalue weighted by Gasteiger charge is 2.09. The van der Waals surface area contributed by atoms with Crippen LogP contribution in [0.4, 0.5) is 0 Å². The van der Waals surface area contributed by atoms with Crippen LogP contribution in [0.25, 0.3) is 6.08 Å². The molecule has 2 aromatic rings. The molecule has 4 heteroatoms. The first-order chi connectivity index (χ1) is 9.07.